The Bertz CT molecular complexity index is 45.1. The molecule has 0 heteroatoms. The smallest absolute Gasteiger partial charge is 0.0448 e. The summed E-state index contributed by atoms with van der Waals surface area (Å²) in [6.07, 6.45) is 7.94. The highest BCUT2D eigenvalue weighted by Gasteiger charge is 1.88. The van der Waals surface area contributed by atoms with Crippen LogP contribution in [-0.4, -0.2) is 0 Å². The molecule has 0 atom stereocenters. The standard InChI is InChI=1S/C6H14.2C4H10.7CH4/c1-4-6(3)5-2;2*1-3-4-2;;;;;;;/h6H,4-5H2,1-3H3;2*3-4H2,1-2H3;7*1H4. The molecule has 0 spiro atoms. The molecular formula is C21H62. The van der Waals surface area contributed by atoms with E-state index in [-0.39, 0.29) is 52.0 Å². The van der Waals surface area contributed by atoms with Gasteiger partial charge in [-0.15, -0.1) is 0 Å². The normalized spacial score (nSPS) is 5.71. The Hall–Kier alpha value is 0. The van der Waals surface area contributed by atoms with Crippen molar-refractivity contribution >= 4 is 0 Å². The summed E-state index contributed by atoms with van der Waals surface area (Å²) < 4.78 is 0. The lowest BCUT2D eigenvalue weighted by Crippen LogP contribution is -1.85. The van der Waals surface area contributed by atoms with Crippen LogP contribution in [0.3, 0.4) is 0 Å². The predicted octanol–water partition coefficient (Wildman–Crippen LogP) is 10.5. The van der Waals surface area contributed by atoms with Crippen molar-refractivity contribution in [1.29, 1.82) is 0 Å². The fourth-order valence-corrected chi connectivity index (χ4v) is 0.289. The molecule has 0 aromatic heterocycles. The lowest BCUT2D eigenvalue weighted by Gasteiger charge is -1.98. The third kappa shape index (κ3) is 180. The van der Waals surface area contributed by atoms with Crippen LogP contribution in [0.2, 0.25) is 0 Å². The van der Waals surface area contributed by atoms with Crippen LogP contribution in [-0.2, 0) is 0 Å². The van der Waals surface area contributed by atoms with Crippen LogP contribution in [0.25, 0.3) is 0 Å². The van der Waals surface area contributed by atoms with E-state index < -0.39 is 0 Å². The van der Waals surface area contributed by atoms with Gasteiger partial charge in [-0.05, 0) is 5.92 Å². The molecule has 0 heterocycles. The van der Waals surface area contributed by atoms with E-state index in [1.807, 2.05) is 0 Å². The zero-order valence-electron chi connectivity index (χ0n) is 11.8. The fourth-order valence-electron chi connectivity index (χ4n) is 0.289. The van der Waals surface area contributed by atoms with E-state index in [9.17, 15) is 0 Å². The molecule has 0 saturated carbocycles. The average Bonchev–Trinajstić information content (AvgIpc) is 2.28. The Morgan fingerprint density at radius 2 is 0.571 bits per heavy atom. The highest BCUT2D eigenvalue weighted by Crippen LogP contribution is 2.02. The molecular weight excluding hydrogens is 252 g/mol. The molecule has 0 radical (unpaired) electrons. The van der Waals surface area contributed by atoms with Crippen molar-refractivity contribution in [2.24, 2.45) is 5.92 Å². The molecule has 0 nitrogen and oxygen atoms in total. The van der Waals surface area contributed by atoms with Gasteiger partial charge in [0.15, 0.2) is 0 Å². The first-order valence-corrected chi connectivity index (χ1v) is 6.64. The van der Waals surface area contributed by atoms with Crippen LogP contribution in [0.4, 0.5) is 0 Å². The van der Waals surface area contributed by atoms with Gasteiger partial charge < -0.3 is 0 Å². The van der Waals surface area contributed by atoms with E-state index in [0.717, 1.165) is 5.92 Å². The molecule has 0 amide bonds. The quantitative estimate of drug-likeness (QED) is 0.484. The van der Waals surface area contributed by atoms with E-state index in [2.05, 4.69) is 48.5 Å². The predicted molar refractivity (Wildman–Crippen MR) is 118 cm³/mol. The largest absolute Gasteiger partial charge is 0.0776 e. The maximum Gasteiger partial charge on any atom is -0.0448 e. The summed E-state index contributed by atoms with van der Waals surface area (Å²) >= 11 is 0. The molecule has 0 aliphatic rings. The summed E-state index contributed by atoms with van der Waals surface area (Å²) in [5.41, 5.74) is 0. The molecule has 0 unspecified atom stereocenters. The van der Waals surface area contributed by atoms with Crippen LogP contribution in [0, 0.1) is 5.92 Å². The molecule has 0 aliphatic heterocycles. The number of hydrogen-bond acceptors (Lipinski definition) is 0. The highest BCUT2D eigenvalue weighted by atomic mass is 13.9. The first kappa shape index (κ1) is 69.4. The van der Waals surface area contributed by atoms with E-state index in [0.29, 0.717) is 0 Å². The van der Waals surface area contributed by atoms with Crippen LogP contribution in [0.5, 0.6) is 0 Å². The second kappa shape index (κ2) is 89.1. The van der Waals surface area contributed by atoms with Gasteiger partial charge in [-0.2, -0.15) is 0 Å². The minimum absolute atomic E-state index is 0. The van der Waals surface area contributed by atoms with Crippen LogP contribution in [0.1, 0.15) is 139 Å². The SMILES string of the molecule is C.C.C.C.C.C.C.CCC(C)CC.CCCC.CCCC. The number of unbranched alkanes of at least 4 members (excludes halogenated alkanes) is 2. The lowest BCUT2D eigenvalue weighted by molar-refractivity contribution is 0.544. The van der Waals surface area contributed by atoms with Crippen LogP contribution in [0.15, 0.2) is 0 Å². The van der Waals surface area contributed by atoms with Gasteiger partial charge >= 0.3 is 0 Å². The van der Waals surface area contributed by atoms with Gasteiger partial charge in [0.25, 0.3) is 0 Å². The first-order valence-electron chi connectivity index (χ1n) is 6.64. The maximum absolute atomic E-state index is 2.28. The molecule has 146 valence electrons. The number of rotatable bonds is 4. The molecule has 0 N–H and O–H groups in total. The Morgan fingerprint density at radius 3 is 0.571 bits per heavy atom. The van der Waals surface area contributed by atoms with Crippen molar-refractivity contribution in [1.82, 2.24) is 0 Å². The minimum Gasteiger partial charge on any atom is -0.0776 e. The topological polar surface area (TPSA) is 0 Å². The molecule has 0 aromatic rings. The van der Waals surface area contributed by atoms with Crippen molar-refractivity contribution < 1.29 is 0 Å². The van der Waals surface area contributed by atoms with E-state index in [1.54, 1.807) is 0 Å². The lowest BCUT2D eigenvalue weighted by atomic mass is 10.1. The van der Waals surface area contributed by atoms with Gasteiger partial charge in [0.05, 0.1) is 0 Å². The monoisotopic (exact) mass is 314 g/mol. The Kier molecular flexibility index (Phi) is 295. The second-order valence-electron chi connectivity index (χ2n) is 3.92. The third-order valence-electron chi connectivity index (χ3n) is 2.39. The summed E-state index contributed by atoms with van der Waals surface area (Å²) in [5.74, 6) is 0.935. The van der Waals surface area contributed by atoms with Crippen molar-refractivity contribution in [2.45, 2.75) is 139 Å². The molecule has 0 bridgehead atoms. The van der Waals surface area contributed by atoms with Crippen molar-refractivity contribution in [3.8, 4) is 0 Å². The molecule has 0 saturated heterocycles. The third-order valence-corrected chi connectivity index (χ3v) is 2.39. The highest BCUT2D eigenvalue weighted by molar-refractivity contribution is 4.41. The van der Waals surface area contributed by atoms with E-state index in [1.165, 1.54) is 38.5 Å². The van der Waals surface area contributed by atoms with E-state index >= 15 is 0 Å². The van der Waals surface area contributed by atoms with Gasteiger partial charge in [0.1, 0.15) is 0 Å². The Balaban J connectivity index is -0.00000000944. The van der Waals surface area contributed by atoms with Gasteiger partial charge in [-0.3, -0.25) is 0 Å². The van der Waals surface area contributed by atoms with Gasteiger partial charge in [0.2, 0.25) is 0 Å². The van der Waals surface area contributed by atoms with Crippen LogP contribution < -0.4 is 0 Å². The first-order chi connectivity index (χ1) is 6.64. The minimum atomic E-state index is 0. The van der Waals surface area contributed by atoms with Crippen LogP contribution >= 0.6 is 0 Å². The summed E-state index contributed by atoms with van der Waals surface area (Å²) in [7, 11) is 0. The summed E-state index contributed by atoms with van der Waals surface area (Å²) in [6.45, 7) is 15.5. The Labute approximate surface area is 145 Å². The van der Waals surface area contributed by atoms with Crippen molar-refractivity contribution in [3.05, 3.63) is 0 Å². The maximum atomic E-state index is 2.28. The molecule has 0 fully saturated rings. The van der Waals surface area contributed by atoms with Crippen molar-refractivity contribution in [3.63, 3.8) is 0 Å². The number of hydrogen-bond donors (Lipinski definition) is 0. The molecule has 21 heavy (non-hydrogen) atoms. The van der Waals surface area contributed by atoms with Gasteiger partial charge in [-0.1, -0.05) is 139 Å². The molecule has 0 aromatic carbocycles. The fraction of sp³-hybridized carbons (Fsp3) is 1.00. The van der Waals surface area contributed by atoms with Crippen molar-refractivity contribution in [2.75, 3.05) is 0 Å². The average molecular weight is 315 g/mol. The van der Waals surface area contributed by atoms with Gasteiger partial charge in [0, 0.05) is 0 Å². The van der Waals surface area contributed by atoms with E-state index in [4.69, 9.17) is 0 Å². The Morgan fingerprint density at radius 1 is 0.429 bits per heavy atom. The molecule has 0 aliphatic carbocycles. The zero-order chi connectivity index (χ0) is 11.8. The molecule has 0 rings (SSSR count). The summed E-state index contributed by atoms with van der Waals surface area (Å²) in [5, 5.41) is 0. The van der Waals surface area contributed by atoms with Gasteiger partial charge in [-0.25, -0.2) is 0 Å². The zero-order valence-corrected chi connectivity index (χ0v) is 11.8. The summed E-state index contributed by atoms with van der Waals surface area (Å²) in [4.78, 5) is 0. The summed E-state index contributed by atoms with van der Waals surface area (Å²) in [6, 6.07) is 0. The second-order valence-corrected chi connectivity index (χ2v) is 3.92.